The molecule has 0 saturated heterocycles. The highest BCUT2D eigenvalue weighted by molar-refractivity contribution is 6.00. The van der Waals surface area contributed by atoms with Crippen molar-refractivity contribution < 1.29 is 24.1 Å². The molecule has 6 rings (SSSR count). The van der Waals surface area contributed by atoms with E-state index in [4.69, 9.17) is 24.2 Å². The number of imidazole rings is 1. The SMILES string of the molecule is COc1ccccc1-c1c(C(=O)NC(CO)Cc2c[nH]c3ccccc23)nc2n1CCc1cc(OC)c(OC)nc1-2. The topological polar surface area (TPSA) is 124 Å². The van der Waals surface area contributed by atoms with Gasteiger partial charge in [0.2, 0.25) is 0 Å². The molecule has 0 radical (unpaired) electrons. The van der Waals surface area contributed by atoms with Crippen LogP contribution < -0.4 is 19.5 Å². The molecule has 10 heteroatoms. The van der Waals surface area contributed by atoms with E-state index in [1.807, 2.05) is 65.4 Å². The van der Waals surface area contributed by atoms with E-state index in [0.29, 0.717) is 54.0 Å². The Morgan fingerprint density at radius 1 is 1.05 bits per heavy atom. The van der Waals surface area contributed by atoms with E-state index in [1.165, 1.54) is 7.11 Å². The number of fused-ring (bicyclic) bond motifs is 4. The zero-order chi connectivity index (χ0) is 28.5. The van der Waals surface area contributed by atoms with Gasteiger partial charge in [0.15, 0.2) is 17.3 Å². The largest absolute Gasteiger partial charge is 0.496 e. The van der Waals surface area contributed by atoms with Crippen LogP contribution in [0.3, 0.4) is 0 Å². The third-order valence-corrected chi connectivity index (χ3v) is 7.51. The number of methoxy groups -OCH3 is 3. The molecule has 5 aromatic rings. The number of amides is 1. The summed E-state index contributed by atoms with van der Waals surface area (Å²) in [6.45, 7) is 0.343. The fourth-order valence-corrected chi connectivity index (χ4v) is 5.53. The summed E-state index contributed by atoms with van der Waals surface area (Å²) in [7, 11) is 4.71. The molecule has 1 amide bonds. The molecule has 41 heavy (non-hydrogen) atoms. The van der Waals surface area contributed by atoms with Crippen molar-refractivity contribution in [1.29, 1.82) is 0 Å². The Morgan fingerprint density at radius 2 is 1.83 bits per heavy atom. The van der Waals surface area contributed by atoms with Crippen LogP contribution in [0.5, 0.6) is 17.4 Å². The second-order valence-electron chi connectivity index (χ2n) is 9.86. The molecule has 1 aliphatic heterocycles. The Labute approximate surface area is 236 Å². The molecule has 1 atom stereocenters. The van der Waals surface area contributed by atoms with Crippen LogP contribution in [0.25, 0.3) is 33.7 Å². The molecule has 210 valence electrons. The number of aryl methyl sites for hydroxylation is 1. The molecule has 4 heterocycles. The molecule has 1 aliphatic rings. The maximum absolute atomic E-state index is 13.9. The predicted octanol–water partition coefficient (Wildman–Crippen LogP) is 4.01. The first-order valence-corrected chi connectivity index (χ1v) is 13.4. The Morgan fingerprint density at radius 3 is 2.61 bits per heavy atom. The van der Waals surface area contributed by atoms with Crippen molar-refractivity contribution in [3.63, 3.8) is 0 Å². The zero-order valence-electron chi connectivity index (χ0n) is 23.1. The van der Waals surface area contributed by atoms with Crippen molar-refractivity contribution in [3.05, 3.63) is 77.6 Å². The summed E-state index contributed by atoms with van der Waals surface area (Å²) in [6, 6.07) is 16.9. The number of para-hydroxylation sites is 2. The average Bonchev–Trinajstić information content (AvgIpc) is 3.61. The van der Waals surface area contributed by atoms with Gasteiger partial charge in [-0.05, 0) is 48.2 Å². The lowest BCUT2D eigenvalue weighted by atomic mass is 10.0. The minimum Gasteiger partial charge on any atom is -0.496 e. The third-order valence-electron chi connectivity index (χ3n) is 7.51. The van der Waals surface area contributed by atoms with Crippen LogP contribution in [0.1, 0.15) is 21.6 Å². The van der Waals surface area contributed by atoms with Crippen molar-refractivity contribution in [2.24, 2.45) is 0 Å². The number of rotatable bonds is 9. The number of ether oxygens (including phenoxy) is 3. The lowest BCUT2D eigenvalue weighted by Gasteiger charge is -2.21. The maximum Gasteiger partial charge on any atom is 0.272 e. The lowest BCUT2D eigenvalue weighted by Crippen LogP contribution is -2.39. The minimum absolute atomic E-state index is 0.228. The van der Waals surface area contributed by atoms with Gasteiger partial charge in [0.25, 0.3) is 11.8 Å². The van der Waals surface area contributed by atoms with E-state index in [1.54, 1.807) is 14.2 Å². The van der Waals surface area contributed by atoms with Gasteiger partial charge in [-0.2, -0.15) is 0 Å². The molecule has 3 N–H and O–H groups in total. The summed E-state index contributed by atoms with van der Waals surface area (Å²) in [5.41, 5.74) is 5.18. The number of benzene rings is 2. The number of hydrogen-bond acceptors (Lipinski definition) is 7. The summed E-state index contributed by atoms with van der Waals surface area (Å²) in [5.74, 6) is 1.65. The molecule has 2 aromatic carbocycles. The maximum atomic E-state index is 13.9. The second kappa shape index (κ2) is 11.0. The Kier molecular flexibility index (Phi) is 7.07. The van der Waals surface area contributed by atoms with Crippen LogP contribution in [-0.4, -0.2) is 64.5 Å². The van der Waals surface area contributed by atoms with E-state index in [9.17, 15) is 9.90 Å². The molecule has 0 saturated carbocycles. The smallest absolute Gasteiger partial charge is 0.272 e. The lowest BCUT2D eigenvalue weighted by molar-refractivity contribution is 0.0912. The summed E-state index contributed by atoms with van der Waals surface area (Å²) in [6.07, 6.45) is 3.03. The molecular formula is C31H31N5O5. The summed E-state index contributed by atoms with van der Waals surface area (Å²) < 4.78 is 18.6. The van der Waals surface area contributed by atoms with Gasteiger partial charge >= 0.3 is 0 Å². The summed E-state index contributed by atoms with van der Waals surface area (Å²) in [5, 5.41) is 14.3. The molecule has 1 unspecified atom stereocenters. The van der Waals surface area contributed by atoms with Crippen molar-refractivity contribution in [2.45, 2.75) is 25.4 Å². The number of carbonyl (C=O) groups excluding carboxylic acids is 1. The third kappa shape index (κ3) is 4.66. The second-order valence-corrected chi connectivity index (χ2v) is 9.86. The van der Waals surface area contributed by atoms with Gasteiger partial charge in [-0.15, -0.1) is 0 Å². The highest BCUT2D eigenvalue weighted by atomic mass is 16.5. The number of aromatic amines is 1. The molecule has 10 nitrogen and oxygen atoms in total. The van der Waals surface area contributed by atoms with Crippen LogP contribution in [0.2, 0.25) is 0 Å². The van der Waals surface area contributed by atoms with Crippen LogP contribution in [0.15, 0.2) is 60.8 Å². The minimum atomic E-state index is -0.527. The van der Waals surface area contributed by atoms with Gasteiger partial charge in [-0.1, -0.05) is 30.3 Å². The van der Waals surface area contributed by atoms with Gasteiger partial charge in [-0.3, -0.25) is 4.79 Å². The Balaban J connectivity index is 1.43. The number of hydrogen-bond donors (Lipinski definition) is 3. The number of aliphatic hydroxyl groups excluding tert-OH is 1. The van der Waals surface area contributed by atoms with Crippen LogP contribution in [0.4, 0.5) is 0 Å². The number of carbonyl (C=O) groups is 1. The van der Waals surface area contributed by atoms with E-state index in [0.717, 1.165) is 27.6 Å². The number of pyridine rings is 1. The van der Waals surface area contributed by atoms with E-state index in [-0.39, 0.29) is 12.3 Å². The normalized spacial score (nSPS) is 12.9. The van der Waals surface area contributed by atoms with Gasteiger partial charge in [0.1, 0.15) is 11.4 Å². The number of nitrogens with one attached hydrogen (secondary N) is 2. The summed E-state index contributed by atoms with van der Waals surface area (Å²) in [4.78, 5) is 26.8. The fourth-order valence-electron chi connectivity index (χ4n) is 5.53. The van der Waals surface area contributed by atoms with Crippen LogP contribution in [0, 0.1) is 0 Å². The van der Waals surface area contributed by atoms with E-state index in [2.05, 4.69) is 10.3 Å². The fraction of sp³-hybridized carbons (Fsp3) is 0.258. The van der Waals surface area contributed by atoms with E-state index < -0.39 is 11.9 Å². The Hall–Kier alpha value is -4.83. The van der Waals surface area contributed by atoms with Gasteiger partial charge in [0.05, 0.1) is 39.7 Å². The van der Waals surface area contributed by atoms with Crippen LogP contribution in [-0.2, 0) is 19.4 Å². The van der Waals surface area contributed by atoms with Crippen molar-refractivity contribution in [1.82, 2.24) is 24.8 Å². The standard InChI is InChI=1S/C31H31N5O5/c1-39-24-11-7-5-9-22(24)28-27(30(38)33-20(17-37)14-19-16-32-23-10-6-4-8-21(19)23)34-29-26-18(12-13-36(28)29)15-25(40-2)31(35-26)41-3/h4-11,15-16,20,32,37H,12-14,17H2,1-3H3,(H,33,38). The molecule has 0 bridgehead atoms. The summed E-state index contributed by atoms with van der Waals surface area (Å²) >= 11 is 0. The monoisotopic (exact) mass is 553 g/mol. The highest BCUT2D eigenvalue weighted by Gasteiger charge is 2.32. The molecule has 0 aliphatic carbocycles. The van der Waals surface area contributed by atoms with Crippen LogP contribution >= 0.6 is 0 Å². The van der Waals surface area contributed by atoms with Gasteiger partial charge in [0, 0.05) is 29.2 Å². The van der Waals surface area contributed by atoms with Gasteiger partial charge < -0.3 is 34.2 Å². The first-order chi connectivity index (χ1) is 20.1. The quantitative estimate of drug-likeness (QED) is 0.252. The number of aliphatic hydroxyl groups is 1. The molecular weight excluding hydrogens is 522 g/mol. The van der Waals surface area contributed by atoms with Crippen molar-refractivity contribution in [2.75, 3.05) is 27.9 Å². The molecule has 3 aromatic heterocycles. The van der Waals surface area contributed by atoms with Crippen molar-refractivity contribution in [3.8, 4) is 40.2 Å². The first kappa shape index (κ1) is 26.4. The number of H-pyrrole nitrogens is 1. The predicted molar refractivity (Wildman–Crippen MR) is 155 cm³/mol. The van der Waals surface area contributed by atoms with Crippen molar-refractivity contribution >= 4 is 16.8 Å². The Bertz CT molecular complexity index is 1740. The molecule has 0 spiro atoms. The number of aromatic nitrogens is 4. The average molecular weight is 554 g/mol. The van der Waals surface area contributed by atoms with Gasteiger partial charge in [-0.25, -0.2) is 9.97 Å². The number of nitrogens with zero attached hydrogens (tertiary/aromatic N) is 3. The zero-order valence-corrected chi connectivity index (χ0v) is 23.1. The van der Waals surface area contributed by atoms with E-state index >= 15 is 0 Å². The highest BCUT2D eigenvalue weighted by Crippen LogP contribution is 2.40. The molecule has 0 fully saturated rings. The first-order valence-electron chi connectivity index (χ1n) is 13.4.